The van der Waals surface area contributed by atoms with Gasteiger partial charge in [0.2, 0.25) is 0 Å². The van der Waals surface area contributed by atoms with Gasteiger partial charge >= 0.3 is 23.9 Å². The first-order chi connectivity index (χ1) is 17.5. The van der Waals surface area contributed by atoms with Crippen molar-refractivity contribution in [2.24, 2.45) is 34.0 Å². The summed E-state index contributed by atoms with van der Waals surface area (Å²) in [6, 6.07) is 0. The Morgan fingerprint density at radius 3 is 1.89 bits per heavy atom. The molecule has 38 heavy (non-hydrogen) atoms. The van der Waals surface area contributed by atoms with Gasteiger partial charge < -0.3 is 24.1 Å². The lowest BCUT2D eigenvalue weighted by Gasteiger charge is -2.67. The molecule has 0 heterocycles. The lowest BCUT2D eigenvalue weighted by Crippen LogP contribution is -2.76. The number of carbonyl (C=O) groups excluding carboxylic acids is 5. The van der Waals surface area contributed by atoms with Gasteiger partial charge in [0.1, 0.15) is 18.3 Å². The Hall–Kier alpha value is -2.75. The minimum absolute atomic E-state index is 0.0487. The highest BCUT2D eigenvalue weighted by molar-refractivity contribution is 5.92. The van der Waals surface area contributed by atoms with Crippen LogP contribution in [0.4, 0.5) is 0 Å². The first-order valence-electron chi connectivity index (χ1n) is 13.1. The molecular formula is C28H38O10. The van der Waals surface area contributed by atoms with E-state index in [9.17, 15) is 29.1 Å². The largest absolute Gasteiger partial charge is 0.462 e. The maximum atomic E-state index is 14.6. The van der Waals surface area contributed by atoms with Gasteiger partial charge in [-0.3, -0.25) is 24.0 Å². The van der Waals surface area contributed by atoms with E-state index in [1.807, 2.05) is 6.92 Å². The van der Waals surface area contributed by atoms with Gasteiger partial charge in [0.15, 0.2) is 11.9 Å². The summed E-state index contributed by atoms with van der Waals surface area (Å²) in [5, 5.41) is 11.2. The number of hydrogen-bond acceptors (Lipinski definition) is 10. The van der Waals surface area contributed by atoms with Crippen LogP contribution in [-0.2, 0) is 42.9 Å². The molecule has 1 spiro atoms. The molecule has 4 fully saturated rings. The lowest BCUT2D eigenvalue weighted by atomic mass is 9.38. The van der Waals surface area contributed by atoms with Crippen LogP contribution in [0.2, 0.25) is 0 Å². The standard InChI is InChI=1S/C28H38O10/c1-12-17-9-18(35-13(2)29)22-27(8)20(36-14(3)30)10-19(33)26(6,7)23(27)21(34)25(38-16(5)32)28(22,11-17)24(12)37-15(4)31/h17-20,22-25,33H,1,9-11H2,2-8H3/t17-,18-,19-,20-,22-,23+,24+,25-,27-,28-/m0/s1. The number of fused-ring (bicyclic) bond motifs is 3. The molecule has 1 N–H and O–H groups in total. The predicted molar refractivity (Wildman–Crippen MR) is 131 cm³/mol. The molecule has 10 atom stereocenters. The first kappa shape index (κ1) is 28.3. The zero-order chi connectivity index (χ0) is 28.5. The summed E-state index contributed by atoms with van der Waals surface area (Å²) < 4.78 is 23.4. The van der Waals surface area contributed by atoms with E-state index in [1.165, 1.54) is 27.7 Å². The fraction of sp³-hybridized carbons (Fsp3) is 0.750. The van der Waals surface area contributed by atoms with E-state index in [-0.39, 0.29) is 12.3 Å². The van der Waals surface area contributed by atoms with E-state index in [0.717, 1.165) is 0 Å². The molecular weight excluding hydrogens is 496 g/mol. The fourth-order valence-corrected chi connectivity index (χ4v) is 8.70. The fourth-order valence-electron chi connectivity index (χ4n) is 8.70. The molecule has 4 saturated carbocycles. The molecule has 10 nitrogen and oxygen atoms in total. The highest BCUT2D eigenvalue weighted by Gasteiger charge is 2.80. The molecule has 0 unspecified atom stereocenters. The second-order valence-corrected chi connectivity index (χ2v) is 12.3. The molecule has 4 rings (SSSR count). The van der Waals surface area contributed by atoms with Gasteiger partial charge in [-0.25, -0.2) is 0 Å². The van der Waals surface area contributed by atoms with Crippen LogP contribution in [0.15, 0.2) is 12.2 Å². The van der Waals surface area contributed by atoms with Crippen molar-refractivity contribution in [2.45, 2.75) is 98.2 Å². The van der Waals surface area contributed by atoms with Crippen LogP contribution in [-0.4, -0.2) is 65.3 Å². The van der Waals surface area contributed by atoms with Crippen LogP contribution in [0.1, 0.15) is 67.7 Å². The Bertz CT molecular complexity index is 1090. The number of aliphatic hydroxyl groups excluding tert-OH is 1. The zero-order valence-electron chi connectivity index (χ0n) is 23.1. The highest BCUT2D eigenvalue weighted by Crippen LogP contribution is 2.72. The normalized spacial score (nSPS) is 42.8. The summed E-state index contributed by atoms with van der Waals surface area (Å²) >= 11 is 0. The Morgan fingerprint density at radius 2 is 1.37 bits per heavy atom. The predicted octanol–water partition coefficient (Wildman–Crippen LogP) is 2.29. The molecule has 0 aromatic rings. The van der Waals surface area contributed by atoms with Crippen molar-refractivity contribution in [1.29, 1.82) is 0 Å². The van der Waals surface area contributed by atoms with Crippen molar-refractivity contribution in [1.82, 2.24) is 0 Å². The Balaban J connectivity index is 2.07. The number of hydrogen-bond donors (Lipinski definition) is 1. The molecule has 2 bridgehead atoms. The van der Waals surface area contributed by atoms with Crippen molar-refractivity contribution < 1.29 is 48.0 Å². The molecule has 4 aliphatic carbocycles. The quantitative estimate of drug-likeness (QED) is 0.324. The Morgan fingerprint density at radius 1 is 0.842 bits per heavy atom. The first-order valence-corrected chi connectivity index (χ1v) is 13.1. The van der Waals surface area contributed by atoms with Crippen LogP contribution in [0.5, 0.6) is 0 Å². The van der Waals surface area contributed by atoms with Gasteiger partial charge in [-0.15, -0.1) is 0 Å². The second kappa shape index (κ2) is 9.17. The van der Waals surface area contributed by atoms with E-state index < -0.39 is 88.3 Å². The Labute approximate surface area is 222 Å². The lowest BCUT2D eigenvalue weighted by molar-refractivity contribution is -0.277. The third-order valence-electron chi connectivity index (χ3n) is 9.67. The zero-order valence-corrected chi connectivity index (χ0v) is 23.1. The van der Waals surface area contributed by atoms with Crippen molar-refractivity contribution in [3.05, 3.63) is 12.2 Å². The van der Waals surface area contributed by atoms with E-state index in [2.05, 4.69) is 6.58 Å². The molecule has 10 heteroatoms. The monoisotopic (exact) mass is 534 g/mol. The summed E-state index contributed by atoms with van der Waals surface area (Å²) in [6.07, 6.45) is -4.41. The summed E-state index contributed by atoms with van der Waals surface area (Å²) in [4.78, 5) is 64.1. The summed E-state index contributed by atoms with van der Waals surface area (Å²) in [6.45, 7) is 14.5. The van der Waals surface area contributed by atoms with E-state index >= 15 is 0 Å². The summed E-state index contributed by atoms with van der Waals surface area (Å²) in [7, 11) is 0. The van der Waals surface area contributed by atoms with Gasteiger partial charge in [0, 0.05) is 56.8 Å². The molecule has 0 radical (unpaired) electrons. The number of ketones is 1. The summed E-state index contributed by atoms with van der Waals surface area (Å²) in [5.74, 6) is -4.85. The van der Waals surface area contributed by atoms with Crippen LogP contribution in [0, 0.1) is 34.0 Å². The average Bonchev–Trinajstić information content (AvgIpc) is 2.96. The van der Waals surface area contributed by atoms with Crippen molar-refractivity contribution in [3.63, 3.8) is 0 Å². The number of Topliss-reactive ketones (excluding diaryl/α,β-unsaturated/α-hetero) is 1. The van der Waals surface area contributed by atoms with Gasteiger partial charge in [-0.2, -0.15) is 0 Å². The van der Waals surface area contributed by atoms with Gasteiger partial charge in [0.05, 0.1) is 11.5 Å². The van der Waals surface area contributed by atoms with E-state index in [0.29, 0.717) is 18.4 Å². The van der Waals surface area contributed by atoms with Crippen molar-refractivity contribution >= 4 is 29.7 Å². The summed E-state index contributed by atoms with van der Waals surface area (Å²) in [5.41, 5.74) is -2.97. The van der Waals surface area contributed by atoms with Crippen LogP contribution in [0.3, 0.4) is 0 Å². The van der Waals surface area contributed by atoms with Crippen molar-refractivity contribution in [2.75, 3.05) is 0 Å². The van der Waals surface area contributed by atoms with Gasteiger partial charge in [-0.1, -0.05) is 27.4 Å². The topological polar surface area (TPSA) is 143 Å². The Kier molecular flexibility index (Phi) is 6.82. The van der Waals surface area contributed by atoms with Gasteiger partial charge in [0.25, 0.3) is 0 Å². The molecule has 0 aromatic carbocycles. The smallest absolute Gasteiger partial charge is 0.303 e. The van der Waals surface area contributed by atoms with Gasteiger partial charge in [-0.05, 0) is 24.3 Å². The second-order valence-electron chi connectivity index (χ2n) is 12.3. The molecule has 0 aliphatic heterocycles. The third kappa shape index (κ3) is 3.89. The van der Waals surface area contributed by atoms with E-state index in [4.69, 9.17) is 18.9 Å². The molecule has 0 amide bonds. The van der Waals surface area contributed by atoms with Crippen LogP contribution < -0.4 is 0 Å². The highest BCUT2D eigenvalue weighted by atomic mass is 16.6. The maximum absolute atomic E-state index is 14.6. The number of aliphatic hydroxyl groups is 1. The minimum Gasteiger partial charge on any atom is -0.462 e. The number of carbonyl (C=O) groups is 5. The third-order valence-corrected chi connectivity index (χ3v) is 9.67. The number of ether oxygens (including phenoxy) is 4. The maximum Gasteiger partial charge on any atom is 0.303 e. The number of esters is 4. The average molecular weight is 535 g/mol. The molecule has 210 valence electrons. The van der Waals surface area contributed by atoms with Crippen LogP contribution >= 0.6 is 0 Å². The van der Waals surface area contributed by atoms with Crippen molar-refractivity contribution in [3.8, 4) is 0 Å². The minimum atomic E-state index is -1.37. The van der Waals surface area contributed by atoms with E-state index in [1.54, 1.807) is 13.8 Å². The molecule has 0 aromatic heterocycles. The molecule has 4 aliphatic rings. The molecule has 0 saturated heterocycles. The SMILES string of the molecule is C=C1[C@H]2C[C@H](OC(C)=O)[C@H]3[C@]4(C)[C@@H](OC(C)=O)C[C@H](O)C(C)(C)[C@H]4C(=O)[C@H](OC(C)=O)[C@]3(C2)[C@@H]1OC(C)=O. The number of rotatable bonds is 4. The van der Waals surface area contributed by atoms with Crippen LogP contribution in [0.25, 0.3) is 0 Å².